The number of carbonyl (C=O) groups excluding carboxylic acids is 1. The van der Waals surface area contributed by atoms with Gasteiger partial charge in [-0.1, -0.05) is 13.3 Å². The molecule has 0 radical (unpaired) electrons. The van der Waals surface area contributed by atoms with Crippen molar-refractivity contribution >= 4 is 5.91 Å². The third-order valence-electron chi connectivity index (χ3n) is 1.68. The van der Waals surface area contributed by atoms with Crippen LogP contribution in [0.25, 0.3) is 0 Å². The lowest BCUT2D eigenvalue weighted by Gasteiger charge is -2.16. The highest BCUT2D eigenvalue weighted by Crippen LogP contribution is 1.95. The van der Waals surface area contributed by atoms with Crippen molar-refractivity contribution in [1.82, 2.24) is 5.32 Å². The molecule has 0 aromatic carbocycles. The Kier molecular flexibility index (Phi) is 4.86. The molecule has 0 saturated heterocycles. The van der Waals surface area contributed by atoms with Crippen LogP contribution in [0, 0.1) is 0 Å². The highest BCUT2D eigenvalue weighted by Gasteiger charge is 2.10. The molecule has 0 rings (SSSR count). The summed E-state index contributed by atoms with van der Waals surface area (Å²) < 4.78 is 0. The van der Waals surface area contributed by atoms with E-state index in [2.05, 4.69) is 19.2 Å². The summed E-state index contributed by atoms with van der Waals surface area (Å²) in [6.07, 6.45) is 2.21. The van der Waals surface area contributed by atoms with E-state index in [1.165, 1.54) is 0 Å². The van der Waals surface area contributed by atoms with Crippen LogP contribution in [0.3, 0.4) is 0 Å². The Morgan fingerprint density at radius 2 is 2.09 bits per heavy atom. The van der Waals surface area contributed by atoms with Crippen molar-refractivity contribution in [2.75, 3.05) is 0 Å². The van der Waals surface area contributed by atoms with Gasteiger partial charge < -0.3 is 11.1 Å². The van der Waals surface area contributed by atoms with E-state index in [1.807, 2.05) is 0 Å². The number of primary amides is 1. The highest BCUT2D eigenvalue weighted by molar-refractivity contribution is 5.79. The maximum absolute atomic E-state index is 10.6. The van der Waals surface area contributed by atoms with Crippen molar-refractivity contribution in [2.45, 2.75) is 45.7 Å². The summed E-state index contributed by atoms with van der Waals surface area (Å²) in [5, 5.41) is 3.11. The molecule has 0 aliphatic rings. The molecule has 3 N–H and O–H groups in total. The molecule has 0 saturated carbocycles. The van der Waals surface area contributed by atoms with Gasteiger partial charge in [-0.2, -0.15) is 0 Å². The van der Waals surface area contributed by atoms with Gasteiger partial charge in [-0.15, -0.1) is 0 Å². The van der Waals surface area contributed by atoms with E-state index in [1.54, 1.807) is 6.92 Å². The number of nitrogens with two attached hydrogens (primary N) is 1. The fraction of sp³-hybridized carbons (Fsp3) is 0.875. The lowest BCUT2D eigenvalue weighted by atomic mass is 10.1. The summed E-state index contributed by atoms with van der Waals surface area (Å²) in [4.78, 5) is 10.6. The maximum Gasteiger partial charge on any atom is 0.234 e. The lowest BCUT2D eigenvalue weighted by Crippen LogP contribution is -2.43. The molecule has 0 bridgehead atoms. The second-order valence-electron chi connectivity index (χ2n) is 2.98. The van der Waals surface area contributed by atoms with Gasteiger partial charge in [0.2, 0.25) is 5.91 Å². The third-order valence-corrected chi connectivity index (χ3v) is 1.68. The van der Waals surface area contributed by atoms with Crippen LogP contribution in [-0.4, -0.2) is 18.0 Å². The van der Waals surface area contributed by atoms with Crippen molar-refractivity contribution in [1.29, 1.82) is 0 Å². The minimum absolute atomic E-state index is 0.212. The summed E-state index contributed by atoms with van der Waals surface area (Å²) >= 11 is 0. The Bertz CT molecular complexity index is 125. The molecule has 2 atom stereocenters. The smallest absolute Gasteiger partial charge is 0.234 e. The molecular weight excluding hydrogens is 140 g/mol. The Hall–Kier alpha value is -0.570. The van der Waals surface area contributed by atoms with E-state index in [0.29, 0.717) is 6.04 Å². The molecule has 0 fully saturated rings. The van der Waals surface area contributed by atoms with Gasteiger partial charge in [0.05, 0.1) is 6.04 Å². The molecule has 0 aliphatic carbocycles. The van der Waals surface area contributed by atoms with Gasteiger partial charge in [-0.25, -0.2) is 0 Å². The third kappa shape index (κ3) is 4.79. The summed E-state index contributed by atoms with van der Waals surface area (Å²) in [6, 6.07) is 0.166. The molecule has 0 spiro atoms. The number of rotatable bonds is 5. The van der Waals surface area contributed by atoms with Crippen LogP contribution < -0.4 is 11.1 Å². The number of carbonyl (C=O) groups is 1. The Labute approximate surface area is 68.3 Å². The van der Waals surface area contributed by atoms with E-state index < -0.39 is 0 Å². The fourth-order valence-electron chi connectivity index (χ4n) is 1.03. The fourth-order valence-corrected chi connectivity index (χ4v) is 1.03. The second-order valence-corrected chi connectivity index (χ2v) is 2.98. The molecule has 11 heavy (non-hydrogen) atoms. The zero-order chi connectivity index (χ0) is 8.85. The van der Waals surface area contributed by atoms with Gasteiger partial charge in [0.25, 0.3) is 0 Å². The standard InChI is InChI=1S/C8H18N2O/c1-4-5-6(2)10-7(3)8(9)11/h6-7,10H,4-5H2,1-3H3,(H2,9,11)/t6?,7-/m0/s1. The molecular formula is C8H18N2O. The van der Waals surface area contributed by atoms with Gasteiger partial charge >= 0.3 is 0 Å². The van der Waals surface area contributed by atoms with E-state index in [0.717, 1.165) is 12.8 Å². The SMILES string of the molecule is CCCC(C)N[C@@H](C)C(N)=O. The first kappa shape index (κ1) is 10.4. The minimum atomic E-state index is -0.284. The van der Waals surface area contributed by atoms with E-state index in [-0.39, 0.29) is 11.9 Å². The monoisotopic (exact) mass is 158 g/mol. The summed E-state index contributed by atoms with van der Waals surface area (Å²) in [5.74, 6) is -0.284. The van der Waals surface area contributed by atoms with E-state index >= 15 is 0 Å². The molecule has 3 nitrogen and oxygen atoms in total. The molecule has 1 unspecified atom stereocenters. The highest BCUT2D eigenvalue weighted by atomic mass is 16.1. The van der Waals surface area contributed by atoms with Gasteiger partial charge in [0.15, 0.2) is 0 Å². The van der Waals surface area contributed by atoms with E-state index in [9.17, 15) is 4.79 Å². The quantitative estimate of drug-likeness (QED) is 0.617. The summed E-state index contributed by atoms with van der Waals surface area (Å²) in [5.41, 5.74) is 5.08. The van der Waals surface area contributed by atoms with Gasteiger partial charge in [0.1, 0.15) is 0 Å². The number of hydrogen-bond donors (Lipinski definition) is 2. The first-order chi connectivity index (χ1) is 5.07. The van der Waals surface area contributed by atoms with Crippen LogP contribution in [0.2, 0.25) is 0 Å². The number of nitrogens with one attached hydrogen (secondary N) is 1. The molecule has 1 amide bonds. The van der Waals surface area contributed by atoms with Crippen molar-refractivity contribution in [3.8, 4) is 0 Å². The first-order valence-electron chi connectivity index (χ1n) is 4.13. The van der Waals surface area contributed by atoms with Crippen LogP contribution in [-0.2, 0) is 4.79 Å². The molecule has 0 aromatic rings. The lowest BCUT2D eigenvalue weighted by molar-refractivity contribution is -0.119. The van der Waals surface area contributed by atoms with Crippen molar-refractivity contribution in [3.63, 3.8) is 0 Å². The largest absolute Gasteiger partial charge is 0.368 e. The molecule has 66 valence electrons. The van der Waals surface area contributed by atoms with Crippen LogP contribution >= 0.6 is 0 Å². The van der Waals surface area contributed by atoms with Crippen molar-refractivity contribution in [3.05, 3.63) is 0 Å². The van der Waals surface area contributed by atoms with Gasteiger partial charge in [-0.3, -0.25) is 4.79 Å². The van der Waals surface area contributed by atoms with Crippen LogP contribution in [0.1, 0.15) is 33.6 Å². The second kappa shape index (κ2) is 5.13. The molecule has 0 heterocycles. The average Bonchev–Trinajstić information content (AvgIpc) is 1.87. The predicted octanol–water partition coefficient (Wildman–Crippen LogP) is 0.638. The normalized spacial score (nSPS) is 15.9. The Morgan fingerprint density at radius 1 is 1.55 bits per heavy atom. The summed E-state index contributed by atoms with van der Waals surface area (Å²) in [7, 11) is 0. The van der Waals surface area contributed by atoms with Crippen LogP contribution in [0.4, 0.5) is 0 Å². The van der Waals surface area contributed by atoms with Crippen molar-refractivity contribution < 1.29 is 4.79 Å². The Morgan fingerprint density at radius 3 is 2.45 bits per heavy atom. The van der Waals surface area contributed by atoms with Gasteiger partial charge in [0, 0.05) is 6.04 Å². The molecule has 0 aliphatic heterocycles. The number of hydrogen-bond acceptors (Lipinski definition) is 2. The summed E-state index contributed by atoms with van der Waals surface area (Å²) in [6.45, 7) is 5.96. The molecule has 0 aromatic heterocycles. The maximum atomic E-state index is 10.6. The predicted molar refractivity (Wildman–Crippen MR) is 46.2 cm³/mol. The average molecular weight is 158 g/mol. The number of amides is 1. The molecule has 3 heteroatoms. The topological polar surface area (TPSA) is 55.1 Å². The minimum Gasteiger partial charge on any atom is -0.368 e. The zero-order valence-electron chi connectivity index (χ0n) is 7.55. The first-order valence-corrected chi connectivity index (χ1v) is 4.13. The Balaban J connectivity index is 3.56. The van der Waals surface area contributed by atoms with Crippen molar-refractivity contribution in [2.24, 2.45) is 5.73 Å². The van der Waals surface area contributed by atoms with E-state index in [4.69, 9.17) is 5.73 Å². The van der Waals surface area contributed by atoms with Gasteiger partial charge in [-0.05, 0) is 20.3 Å². The van der Waals surface area contributed by atoms with Crippen LogP contribution in [0.15, 0.2) is 0 Å². The zero-order valence-corrected chi connectivity index (χ0v) is 7.55. The van der Waals surface area contributed by atoms with Crippen LogP contribution in [0.5, 0.6) is 0 Å².